The molecule has 26 heavy (non-hydrogen) atoms. The van der Waals surface area contributed by atoms with Crippen molar-refractivity contribution in [3.8, 4) is 0 Å². The first-order valence-electron chi connectivity index (χ1n) is 8.42. The highest BCUT2D eigenvalue weighted by Gasteiger charge is 2.18. The number of carbonyl (C=O) groups excluding carboxylic acids is 1. The number of hydrogen-bond acceptors (Lipinski definition) is 3. The molecule has 0 spiro atoms. The molecule has 2 atom stereocenters. The van der Waals surface area contributed by atoms with Crippen LogP contribution in [-0.2, 0) is 10.0 Å². The predicted molar refractivity (Wildman–Crippen MR) is 98.8 cm³/mol. The first kappa shape index (κ1) is 20.1. The molecule has 140 valence electrons. The summed E-state index contributed by atoms with van der Waals surface area (Å²) >= 11 is 0. The Morgan fingerprint density at radius 1 is 1.08 bits per heavy atom. The highest BCUT2D eigenvalue weighted by atomic mass is 32.2. The van der Waals surface area contributed by atoms with Crippen molar-refractivity contribution in [2.75, 3.05) is 0 Å². The van der Waals surface area contributed by atoms with Crippen molar-refractivity contribution in [2.24, 2.45) is 0 Å². The van der Waals surface area contributed by atoms with E-state index < -0.39 is 27.8 Å². The Morgan fingerprint density at radius 3 is 2.27 bits per heavy atom. The second kappa shape index (κ2) is 8.42. The van der Waals surface area contributed by atoms with Crippen LogP contribution in [0.25, 0.3) is 0 Å². The van der Waals surface area contributed by atoms with Gasteiger partial charge in [0.15, 0.2) is 0 Å². The van der Waals surface area contributed by atoms with Crippen molar-refractivity contribution in [1.29, 1.82) is 0 Å². The molecule has 7 heteroatoms. The molecule has 0 aliphatic heterocycles. The monoisotopic (exact) mass is 378 g/mol. The minimum Gasteiger partial charge on any atom is -0.345 e. The zero-order chi connectivity index (χ0) is 19.3. The van der Waals surface area contributed by atoms with Gasteiger partial charge >= 0.3 is 0 Å². The van der Waals surface area contributed by atoms with E-state index in [0.717, 1.165) is 0 Å². The summed E-state index contributed by atoms with van der Waals surface area (Å²) in [6.45, 7) is 5.35. The van der Waals surface area contributed by atoms with E-state index in [1.54, 1.807) is 32.0 Å². The minimum absolute atomic E-state index is 0.0940. The van der Waals surface area contributed by atoms with E-state index in [0.29, 0.717) is 17.5 Å². The molecule has 5 nitrogen and oxygen atoms in total. The number of carbonyl (C=O) groups is 1. The second-order valence-electron chi connectivity index (χ2n) is 6.17. The minimum atomic E-state index is -3.62. The third-order valence-corrected chi connectivity index (χ3v) is 5.72. The summed E-state index contributed by atoms with van der Waals surface area (Å²) in [7, 11) is -3.62. The van der Waals surface area contributed by atoms with Gasteiger partial charge < -0.3 is 5.32 Å². The normalized spacial score (nSPS) is 13.8. The molecule has 0 radical (unpaired) electrons. The predicted octanol–water partition coefficient (Wildman–Crippen LogP) is 3.39. The topological polar surface area (TPSA) is 75.3 Å². The zero-order valence-electron chi connectivity index (χ0n) is 15.0. The molecule has 0 saturated carbocycles. The zero-order valence-corrected chi connectivity index (χ0v) is 15.8. The van der Waals surface area contributed by atoms with Crippen LogP contribution in [0.4, 0.5) is 4.39 Å². The molecule has 0 aliphatic carbocycles. The Bertz CT molecular complexity index is 867. The smallest absolute Gasteiger partial charge is 0.251 e. The van der Waals surface area contributed by atoms with Crippen LogP contribution in [0.5, 0.6) is 0 Å². The molecule has 0 saturated heterocycles. The van der Waals surface area contributed by atoms with Gasteiger partial charge in [0, 0.05) is 17.2 Å². The Morgan fingerprint density at radius 2 is 1.69 bits per heavy atom. The van der Waals surface area contributed by atoms with Crippen molar-refractivity contribution in [3.05, 3.63) is 65.5 Å². The number of hydrogen-bond donors (Lipinski definition) is 2. The van der Waals surface area contributed by atoms with Crippen molar-refractivity contribution < 1.29 is 17.6 Å². The third-order valence-electron chi connectivity index (χ3n) is 4.11. The summed E-state index contributed by atoms with van der Waals surface area (Å²) < 4.78 is 40.8. The van der Waals surface area contributed by atoms with Gasteiger partial charge in [-0.1, -0.05) is 25.1 Å². The van der Waals surface area contributed by atoms with Gasteiger partial charge in [0.1, 0.15) is 5.82 Å². The van der Waals surface area contributed by atoms with E-state index in [4.69, 9.17) is 0 Å². The van der Waals surface area contributed by atoms with Crippen LogP contribution < -0.4 is 10.0 Å². The fourth-order valence-electron chi connectivity index (χ4n) is 2.39. The number of rotatable bonds is 7. The van der Waals surface area contributed by atoms with Gasteiger partial charge in [0.2, 0.25) is 10.0 Å². The Balaban J connectivity index is 2.10. The maximum atomic E-state index is 13.8. The first-order chi connectivity index (χ1) is 12.2. The summed E-state index contributed by atoms with van der Waals surface area (Å²) in [5, 5.41) is 2.71. The molecular weight excluding hydrogens is 355 g/mol. The van der Waals surface area contributed by atoms with Gasteiger partial charge in [-0.3, -0.25) is 4.79 Å². The summed E-state index contributed by atoms with van der Waals surface area (Å²) in [5.41, 5.74) is 0.688. The Hall–Kier alpha value is -2.25. The lowest BCUT2D eigenvalue weighted by Gasteiger charge is -2.15. The highest BCUT2D eigenvalue weighted by Crippen LogP contribution is 2.17. The largest absolute Gasteiger partial charge is 0.345 e. The summed E-state index contributed by atoms with van der Waals surface area (Å²) in [5.74, 6) is -0.794. The molecule has 0 aliphatic rings. The number of nitrogens with one attached hydrogen (secondary N) is 2. The van der Waals surface area contributed by atoms with Crippen LogP contribution in [0.2, 0.25) is 0 Å². The van der Waals surface area contributed by atoms with E-state index in [2.05, 4.69) is 10.0 Å². The van der Waals surface area contributed by atoms with Crippen LogP contribution in [-0.4, -0.2) is 20.4 Å². The van der Waals surface area contributed by atoms with E-state index in [9.17, 15) is 17.6 Å². The van der Waals surface area contributed by atoms with Crippen LogP contribution in [0.1, 0.15) is 49.2 Å². The lowest BCUT2D eigenvalue weighted by Crippen LogP contribution is -2.32. The lowest BCUT2D eigenvalue weighted by atomic mass is 10.1. The number of benzene rings is 2. The standard InChI is InChI=1S/C19H23FN2O3S/c1-4-13(2)22-26(24,25)16-11-9-15(10-12-16)19(23)21-14(3)17-7-5-6-8-18(17)20/h5-14,22H,4H2,1-3H3,(H,21,23)/t13-,14-/m0/s1. The first-order valence-corrected chi connectivity index (χ1v) is 9.90. The van der Waals surface area contributed by atoms with Crippen LogP contribution in [0.15, 0.2) is 53.4 Å². The van der Waals surface area contributed by atoms with Gasteiger partial charge in [-0.25, -0.2) is 17.5 Å². The Labute approximate surface area is 153 Å². The Kier molecular flexibility index (Phi) is 6.50. The fraction of sp³-hybridized carbons (Fsp3) is 0.316. The maximum absolute atomic E-state index is 13.8. The number of sulfonamides is 1. The van der Waals surface area contributed by atoms with Crippen molar-refractivity contribution in [2.45, 2.75) is 44.2 Å². The quantitative estimate of drug-likeness (QED) is 0.775. The molecule has 0 aromatic heterocycles. The van der Waals surface area contributed by atoms with Crippen molar-refractivity contribution in [1.82, 2.24) is 10.0 Å². The second-order valence-corrected chi connectivity index (χ2v) is 7.89. The fourth-order valence-corrected chi connectivity index (χ4v) is 3.71. The molecule has 0 fully saturated rings. The van der Waals surface area contributed by atoms with Gasteiger partial charge in [0.05, 0.1) is 10.9 Å². The molecule has 2 N–H and O–H groups in total. The molecule has 1 amide bonds. The third kappa shape index (κ3) is 4.89. The van der Waals surface area contributed by atoms with E-state index in [1.165, 1.54) is 30.3 Å². The van der Waals surface area contributed by atoms with E-state index in [-0.39, 0.29) is 10.9 Å². The highest BCUT2D eigenvalue weighted by molar-refractivity contribution is 7.89. The molecule has 0 bridgehead atoms. The van der Waals surface area contributed by atoms with Gasteiger partial charge in [-0.05, 0) is 50.6 Å². The van der Waals surface area contributed by atoms with Crippen molar-refractivity contribution in [3.63, 3.8) is 0 Å². The van der Waals surface area contributed by atoms with Crippen molar-refractivity contribution >= 4 is 15.9 Å². The maximum Gasteiger partial charge on any atom is 0.251 e. The molecule has 2 aromatic carbocycles. The van der Waals surface area contributed by atoms with Crippen LogP contribution >= 0.6 is 0 Å². The van der Waals surface area contributed by atoms with Gasteiger partial charge in [0.25, 0.3) is 5.91 Å². The van der Waals surface area contributed by atoms with Gasteiger partial charge in [-0.2, -0.15) is 0 Å². The average molecular weight is 378 g/mol. The average Bonchev–Trinajstić information content (AvgIpc) is 2.61. The molecule has 0 unspecified atom stereocenters. The molecule has 2 rings (SSSR count). The summed E-state index contributed by atoms with van der Waals surface area (Å²) in [4.78, 5) is 12.4. The van der Waals surface area contributed by atoms with Crippen LogP contribution in [0, 0.1) is 5.82 Å². The van der Waals surface area contributed by atoms with E-state index >= 15 is 0 Å². The number of amides is 1. The summed E-state index contributed by atoms with van der Waals surface area (Å²) in [6.07, 6.45) is 0.674. The number of halogens is 1. The molecule has 2 aromatic rings. The summed E-state index contributed by atoms with van der Waals surface area (Å²) in [6, 6.07) is 11.2. The van der Waals surface area contributed by atoms with Crippen LogP contribution in [0.3, 0.4) is 0 Å². The SMILES string of the molecule is CC[C@H](C)NS(=O)(=O)c1ccc(C(=O)N[C@@H](C)c2ccccc2F)cc1. The van der Waals surface area contributed by atoms with E-state index in [1.807, 2.05) is 6.92 Å². The van der Waals surface area contributed by atoms with Gasteiger partial charge in [-0.15, -0.1) is 0 Å². The lowest BCUT2D eigenvalue weighted by molar-refractivity contribution is 0.0939. The molecule has 0 heterocycles. The molecular formula is C19H23FN2O3S.